The molecule has 0 saturated heterocycles. The van der Waals surface area contributed by atoms with Gasteiger partial charge < -0.3 is 4.98 Å². The number of hydrogen-bond acceptors (Lipinski definition) is 1. The van der Waals surface area contributed by atoms with Crippen LogP contribution in [0.3, 0.4) is 0 Å². The van der Waals surface area contributed by atoms with Crippen molar-refractivity contribution in [3.8, 4) is 11.8 Å². The van der Waals surface area contributed by atoms with Gasteiger partial charge in [-0.1, -0.05) is 12.0 Å². The minimum atomic E-state index is -0.241. The summed E-state index contributed by atoms with van der Waals surface area (Å²) in [5.74, 6) is 5.89. The number of hydrogen-bond donors (Lipinski definition) is 1. The number of aryl methyl sites for hydroxylation is 1. The molecule has 2 heterocycles. The Balaban J connectivity index is 1.72. The summed E-state index contributed by atoms with van der Waals surface area (Å²) >= 11 is 3.37. The van der Waals surface area contributed by atoms with E-state index in [1.807, 2.05) is 24.3 Å². The van der Waals surface area contributed by atoms with Crippen molar-refractivity contribution in [1.29, 1.82) is 0 Å². The van der Waals surface area contributed by atoms with Gasteiger partial charge in [0, 0.05) is 28.2 Å². The van der Waals surface area contributed by atoms with Gasteiger partial charge in [0.2, 0.25) is 0 Å². The lowest BCUT2D eigenvalue weighted by molar-refractivity contribution is 0.629. The predicted molar refractivity (Wildman–Crippen MR) is 85.4 cm³/mol. The highest BCUT2D eigenvalue weighted by Crippen LogP contribution is 2.26. The first-order valence-corrected chi connectivity index (χ1v) is 7.38. The molecule has 2 nitrogen and oxygen atoms in total. The van der Waals surface area contributed by atoms with Gasteiger partial charge in [0.05, 0.1) is 5.52 Å². The summed E-state index contributed by atoms with van der Waals surface area (Å²) in [6.07, 6.45) is 3.25. The molecule has 0 saturated carbocycles. The summed E-state index contributed by atoms with van der Waals surface area (Å²) in [7, 11) is 0. The lowest BCUT2D eigenvalue weighted by Gasteiger charge is -1.94. The van der Waals surface area contributed by atoms with Crippen molar-refractivity contribution in [2.24, 2.45) is 0 Å². The number of benzene rings is 1. The minimum absolute atomic E-state index is 0.241. The lowest BCUT2D eigenvalue weighted by atomic mass is 10.2. The first-order chi connectivity index (χ1) is 10.2. The zero-order valence-electron chi connectivity index (χ0n) is 11.2. The van der Waals surface area contributed by atoms with Crippen LogP contribution in [0, 0.1) is 17.7 Å². The molecule has 4 heteroatoms. The molecule has 1 N–H and O–H groups in total. The maximum absolute atomic E-state index is 13.3. The van der Waals surface area contributed by atoms with Crippen molar-refractivity contribution in [2.75, 3.05) is 0 Å². The lowest BCUT2D eigenvalue weighted by Crippen LogP contribution is -1.83. The highest BCUT2D eigenvalue weighted by molar-refractivity contribution is 9.10. The van der Waals surface area contributed by atoms with Crippen LogP contribution >= 0.6 is 15.9 Å². The van der Waals surface area contributed by atoms with Crippen LogP contribution < -0.4 is 0 Å². The second-order valence-corrected chi connectivity index (χ2v) is 5.52. The molecule has 0 aliphatic rings. The van der Waals surface area contributed by atoms with Gasteiger partial charge in [-0.15, -0.1) is 0 Å². The summed E-state index contributed by atoms with van der Waals surface area (Å²) in [5.41, 5.74) is 2.75. The molecule has 3 aromatic rings. The summed E-state index contributed by atoms with van der Waals surface area (Å²) in [6, 6.07) is 10.6. The molecule has 0 amide bonds. The molecule has 2 aromatic heterocycles. The molecular weight excluding hydrogens is 331 g/mol. The molecule has 3 rings (SSSR count). The maximum Gasteiger partial charge on any atom is 0.125 e. The summed E-state index contributed by atoms with van der Waals surface area (Å²) < 4.78 is 14.1. The second kappa shape index (κ2) is 6.11. The van der Waals surface area contributed by atoms with Gasteiger partial charge in [-0.3, -0.25) is 0 Å². The van der Waals surface area contributed by atoms with Crippen molar-refractivity contribution >= 4 is 26.8 Å². The minimum Gasteiger partial charge on any atom is -0.357 e. The van der Waals surface area contributed by atoms with E-state index in [9.17, 15) is 4.39 Å². The quantitative estimate of drug-likeness (QED) is 0.685. The third kappa shape index (κ3) is 3.32. The van der Waals surface area contributed by atoms with Crippen LogP contribution in [0.2, 0.25) is 0 Å². The van der Waals surface area contributed by atoms with E-state index in [1.54, 1.807) is 6.20 Å². The predicted octanol–water partition coefficient (Wildman–Crippen LogP) is 4.45. The summed E-state index contributed by atoms with van der Waals surface area (Å²) in [5, 5.41) is 0.870. The number of aromatic nitrogens is 2. The van der Waals surface area contributed by atoms with Crippen molar-refractivity contribution in [3.05, 3.63) is 64.3 Å². The largest absolute Gasteiger partial charge is 0.357 e. The van der Waals surface area contributed by atoms with E-state index in [1.165, 1.54) is 12.1 Å². The summed E-state index contributed by atoms with van der Waals surface area (Å²) in [6.45, 7) is 0. The number of fused-ring (bicyclic) bond motifs is 1. The molecular formula is C17H12BrFN2. The Labute approximate surface area is 130 Å². The molecule has 0 aliphatic carbocycles. The van der Waals surface area contributed by atoms with E-state index in [-0.39, 0.29) is 5.82 Å². The molecule has 0 unspecified atom stereocenters. The van der Waals surface area contributed by atoms with Crippen LogP contribution in [0.5, 0.6) is 0 Å². The van der Waals surface area contributed by atoms with E-state index in [4.69, 9.17) is 0 Å². The van der Waals surface area contributed by atoms with Crippen molar-refractivity contribution in [2.45, 2.75) is 12.8 Å². The number of halogens is 2. The first-order valence-electron chi connectivity index (χ1n) is 6.59. The maximum atomic E-state index is 13.3. The second-order valence-electron chi connectivity index (χ2n) is 4.66. The van der Waals surface area contributed by atoms with E-state index < -0.39 is 0 Å². The van der Waals surface area contributed by atoms with E-state index in [2.05, 4.69) is 37.7 Å². The fourth-order valence-corrected chi connectivity index (χ4v) is 2.69. The Hall–Kier alpha value is -2.12. The third-order valence-electron chi connectivity index (χ3n) is 3.10. The molecule has 0 bridgehead atoms. The van der Waals surface area contributed by atoms with E-state index in [0.29, 0.717) is 0 Å². The molecule has 21 heavy (non-hydrogen) atoms. The van der Waals surface area contributed by atoms with Crippen LogP contribution in [0.25, 0.3) is 10.9 Å². The van der Waals surface area contributed by atoms with Crippen LogP contribution in [0.15, 0.2) is 47.1 Å². The van der Waals surface area contributed by atoms with Gasteiger partial charge in [0.25, 0.3) is 0 Å². The molecule has 104 valence electrons. The Kier molecular flexibility index (Phi) is 4.03. The Bertz CT molecular complexity index is 828. The van der Waals surface area contributed by atoms with Gasteiger partial charge in [0.1, 0.15) is 11.5 Å². The Morgan fingerprint density at radius 3 is 2.95 bits per heavy atom. The van der Waals surface area contributed by atoms with Crippen molar-refractivity contribution in [3.63, 3.8) is 0 Å². The van der Waals surface area contributed by atoms with Gasteiger partial charge in [-0.05, 0) is 58.6 Å². The normalized spacial score (nSPS) is 10.4. The molecule has 0 atom stereocenters. The topological polar surface area (TPSA) is 28.7 Å². The van der Waals surface area contributed by atoms with Crippen LogP contribution in [-0.2, 0) is 6.42 Å². The number of nitrogens with one attached hydrogen (secondary N) is 1. The highest BCUT2D eigenvalue weighted by Gasteiger charge is 2.05. The fraction of sp³-hybridized carbons (Fsp3) is 0.118. The number of H-pyrrole nitrogens is 1. The fourth-order valence-electron chi connectivity index (χ4n) is 2.15. The van der Waals surface area contributed by atoms with Gasteiger partial charge in [-0.25, -0.2) is 9.37 Å². The molecule has 0 aliphatic heterocycles. The first kappa shape index (κ1) is 13.8. The third-order valence-corrected chi connectivity index (χ3v) is 3.73. The van der Waals surface area contributed by atoms with Crippen LogP contribution in [0.1, 0.15) is 17.8 Å². The highest BCUT2D eigenvalue weighted by atomic mass is 79.9. The molecule has 0 fully saturated rings. The molecule has 1 aromatic carbocycles. The zero-order chi connectivity index (χ0) is 14.7. The SMILES string of the molecule is Fc1cc(Br)c2[nH]c(CCC#Cc3ccccn3)cc2c1. The van der Waals surface area contributed by atoms with Gasteiger partial charge >= 0.3 is 0 Å². The number of nitrogens with zero attached hydrogens (tertiary/aromatic N) is 1. The van der Waals surface area contributed by atoms with Gasteiger partial charge in [0.15, 0.2) is 0 Å². The summed E-state index contributed by atoms with van der Waals surface area (Å²) in [4.78, 5) is 7.44. The number of pyridine rings is 1. The van der Waals surface area contributed by atoms with E-state index >= 15 is 0 Å². The van der Waals surface area contributed by atoms with Crippen LogP contribution in [0.4, 0.5) is 4.39 Å². The van der Waals surface area contributed by atoms with E-state index in [0.717, 1.165) is 39.6 Å². The Morgan fingerprint density at radius 1 is 1.24 bits per heavy atom. The smallest absolute Gasteiger partial charge is 0.125 e. The standard InChI is InChI=1S/C17H12BrFN2/c18-16-11-13(19)9-12-10-15(21-17(12)16)7-2-1-5-14-6-3-4-8-20-14/h3-4,6,8-11,21H,2,7H2. The van der Waals surface area contributed by atoms with Crippen molar-refractivity contribution < 1.29 is 4.39 Å². The zero-order valence-corrected chi connectivity index (χ0v) is 12.7. The average molecular weight is 343 g/mol. The number of rotatable bonds is 2. The molecule has 0 radical (unpaired) electrons. The Morgan fingerprint density at radius 2 is 2.14 bits per heavy atom. The van der Waals surface area contributed by atoms with Crippen LogP contribution in [-0.4, -0.2) is 9.97 Å². The van der Waals surface area contributed by atoms with Crippen molar-refractivity contribution in [1.82, 2.24) is 9.97 Å². The average Bonchev–Trinajstić information content (AvgIpc) is 2.88. The monoisotopic (exact) mass is 342 g/mol. The number of aromatic amines is 1. The van der Waals surface area contributed by atoms with Gasteiger partial charge in [-0.2, -0.15) is 0 Å². The molecule has 0 spiro atoms.